The van der Waals surface area contributed by atoms with Crippen molar-refractivity contribution in [3.05, 3.63) is 48.5 Å². The largest absolute Gasteiger partial charge is 0.325 e. The van der Waals surface area contributed by atoms with Gasteiger partial charge in [0.25, 0.3) is 0 Å². The molecule has 0 saturated carbocycles. The molecule has 2 saturated heterocycles. The number of amides is 2. The maximum absolute atomic E-state index is 12.2. The monoisotopic (exact) mass is 378 g/mol. The summed E-state index contributed by atoms with van der Waals surface area (Å²) in [6, 6.07) is 15.5. The van der Waals surface area contributed by atoms with Crippen LogP contribution in [0.25, 0.3) is 11.1 Å². The van der Waals surface area contributed by atoms with Crippen LogP contribution in [0.4, 0.5) is 11.4 Å². The molecule has 2 heterocycles. The fraction of sp³-hybridized carbons (Fsp3) is 0.364. The molecule has 2 aliphatic heterocycles. The Labute approximate surface area is 165 Å². The summed E-state index contributed by atoms with van der Waals surface area (Å²) in [5.41, 5.74) is 3.73. The fourth-order valence-electron chi connectivity index (χ4n) is 3.77. The Morgan fingerprint density at radius 2 is 1.07 bits per heavy atom. The molecule has 28 heavy (non-hydrogen) atoms. The predicted molar refractivity (Wildman–Crippen MR) is 111 cm³/mol. The van der Waals surface area contributed by atoms with Crippen molar-refractivity contribution in [3.8, 4) is 11.1 Å². The van der Waals surface area contributed by atoms with E-state index in [1.165, 1.54) is 0 Å². The van der Waals surface area contributed by atoms with Gasteiger partial charge < -0.3 is 21.3 Å². The molecule has 4 rings (SSSR count). The van der Waals surface area contributed by atoms with Gasteiger partial charge in [-0.2, -0.15) is 0 Å². The average molecular weight is 378 g/mol. The van der Waals surface area contributed by atoms with E-state index in [9.17, 15) is 9.59 Å². The zero-order valence-electron chi connectivity index (χ0n) is 15.8. The molecule has 146 valence electrons. The van der Waals surface area contributed by atoms with E-state index in [-0.39, 0.29) is 23.9 Å². The number of rotatable bonds is 5. The predicted octanol–water partition coefficient (Wildman–Crippen LogP) is 2.73. The molecule has 6 heteroatoms. The van der Waals surface area contributed by atoms with Gasteiger partial charge >= 0.3 is 0 Å². The number of carbonyl (C=O) groups excluding carboxylic acids is 2. The summed E-state index contributed by atoms with van der Waals surface area (Å²) in [6.07, 6.45) is 3.88. The first-order chi connectivity index (χ1) is 13.7. The molecule has 2 atom stereocenters. The Kier molecular flexibility index (Phi) is 5.69. The van der Waals surface area contributed by atoms with Gasteiger partial charge in [-0.1, -0.05) is 24.3 Å². The summed E-state index contributed by atoms with van der Waals surface area (Å²) in [4.78, 5) is 24.4. The van der Waals surface area contributed by atoms with Crippen molar-refractivity contribution in [2.45, 2.75) is 37.8 Å². The van der Waals surface area contributed by atoms with E-state index < -0.39 is 0 Å². The van der Waals surface area contributed by atoms with Crippen LogP contribution >= 0.6 is 0 Å². The zero-order valence-corrected chi connectivity index (χ0v) is 15.8. The van der Waals surface area contributed by atoms with E-state index >= 15 is 0 Å². The van der Waals surface area contributed by atoms with E-state index in [0.29, 0.717) is 0 Å². The van der Waals surface area contributed by atoms with Crippen LogP contribution in [-0.4, -0.2) is 37.0 Å². The summed E-state index contributed by atoms with van der Waals surface area (Å²) in [5, 5.41) is 12.3. The van der Waals surface area contributed by atoms with Gasteiger partial charge in [-0.15, -0.1) is 0 Å². The van der Waals surface area contributed by atoms with Crippen molar-refractivity contribution < 1.29 is 9.59 Å². The first kappa shape index (κ1) is 18.7. The van der Waals surface area contributed by atoms with Crippen LogP contribution in [0.2, 0.25) is 0 Å². The van der Waals surface area contributed by atoms with Crippen molar-refractivity contribution in [1.29, 1.82) is 0 Å². The van der Waals surface area contributed by atoms with Crippen LogP contribution in [0.1, 0.15) is 25.7 Å². The van der Waals surface area contributed by atoms with Gasteiger partial charge in [-0.25, -0.2) is 0 Å². The zero-order chi connectivity index (χ0) is 19.3. The summed E-state index contributed by atoms with van der Waals surface area (Å²) in [6.45, 7) is 1.81. The quantitative estimate of drug-likeness (QED) is 0.645. The molecule has 2 amide bonds. The van der Waals surface area contributed by atoms with Gasteiger partial charge in [0.1, 0.15) is 0 Å². The lowest BCUT2D eigenvalue weighted by molar-refractivity contribution is -0.118. The Morgan fingerprint density at radius 1 is 0.679 bits per heavy atom. The standard InChI is InChI=1S/C22H26N4O2/c27-21(19-3-1-13-23-19)25-17-9-5-15(6-10-17)16-7-11-18(12-8-16)26-22(28)20-4-2-14-24-20/h5-12,19-20,23-24H,1-4,13-14H2,(H,25,27)(H,26,28)/t19-,20-/m0/s1. The lowest BCUT2D eigenvalue weighted by atomic mass is 10.0. The summed E-state index contributed by atoms with van der Waals surface area (Å²) >= 11 is 0. The van der Waals surface area contributed by atoms with Crippen LogP contribution < -0.4 is 21.3 Å². The van der Waals surface area contributed by atoms with E-state index in [0.717, 1.165) is 61.3 Å². The van der Waals surface area contributed by atoms with Crippen LogP contribution in [-0.2, 0) is 9.59 Å². The highest BCUT2D eigenvalue weighted by molar-refractivity contribution is 5.96. The number of nitrogens with one attached hydrogen (secondary N) is 4. The molecule has 2 aliphatic rings. The molecule has 2 fully saturated rings. The second kappa shape index (κ2) is 8.54. The van der Waals surface area contributed by atoms with Gasteiger partial charge in [0.05, 0.1) is 12.1 Å². The average Bonchev–Trinajstić information content (AvgIpc) is 3.43. The Morgan fingerprint density at radius 3 is 1.39 bits per heavy atom. The third kappa shape index (κ3) is 4.40. The van der Waals surface area contributed by atoms with Gasteiger partial charge in [-0.05, 0) is 74.2 Å². The minimum Gasteiger partial charge on any atom is -0.325 e. The summed E-state index contributed by atoms with van der Waals surface area (Å²) in [7, 11) is 0. The maximum Gasteiger partial charge on any atom is 0.241 e. The summed E-state index contributed by atoms with van der Waals surface area (Å²) < 4.78 is 0. The molecule has 0 aromatic heterocycles. The van der Waals surface area contributed by atoms with Crippen molar-refractivity contribution >= 4 is 23.2 Å². The molecule has 2 aromatic carbocycles. The molecule has 0 radical (unpaired) electrons. The fourth-order valence-corrected chi connectivity index (χ4v) is 3.77. The second-order valence-corrected chi connectivity index (χ2v) is 7.43. The minimum absolute atomic E-state index is 0.0297. The number of hydrogen-bond donors (Lipinski definition) is 4. The first-order valence-electron chi connectivity index (χ1n) is 9.98. The van der Waals surface area contributed by atoms with Gasteiger partial charge in [-0.3, -0.25) is 9.59 Å². The Bertz CT molecular complexity index is 749. The highest BCUT2D eigenvalue weighted by Gasteiger charge is 2.22. The van der Waals surface area contributed by atoms with E-state index in [4.69, 9.17) is 0 Å². The maximum atomic E-state index is 12.2. The van der Waals surface area contributed by atoms with Crippen LogP contribution in [0, 0.1) is 0 Å². The van der Waals surface area contributed by atoms with E-state index in [2.05, 4.69) is 21.3 Å². The molecule has 2 aromatic rings. The SMILES string of the molecule is O=C(Nc1ccc(-c2ccc(NC(=O)[C@@H]3CCCN3)cc2)cc1)[C@@H]1CCCN1. The van der Waals surface area contributed by atoms with Gasteiger partial charge in [0, 0.05) is 11.4 Å². The molecule has 4 N–H and O–H groups in total. The van der Waals surface area contributed by atoms with Crippen LogP contribution in [0.15, 0.2) is 48.5 Å². The summed E-state index contributed by atoms with van der Waals surface area (Å²) in [5.74, 6) is 0.0594. The lowest BCUT2D eigenvalue weighted by Gasteiger charge is -2.12. The number of carbonyl (C=O) groups is 2. The Hall–Kier alpha value is -2.70. The van der Waals surface area contributed by atoms with Gasteiger partial charge in [0.2, 0.25) is 11.8 Å². The lowest BCUT2D eigenvalue weighted by Crippen LogP contribution is -2.35. The highest BCUT2D eigenvalue weighted by Crippen LogP contribution is 2.24. The van der Waals surface area contributed by atoms with Crippen LogP contribution in [0.3, 0.4) is 0 Å². The topological polar surface area (TPSA) is 82.3 Å². The van der Waals surface area contributed by atoms with E-state index in [1.807, 2.05) is 48.5 Å². The number of benzene rings is 2. The molecule has 0 bridgehead atoms. The first-order valence-corrected chi connectivity index (χ1v) is 9.98. The molecular formula is C22H26N4O2. The molecule has 0 aliphatic carbocycles. The second-order valence-electron chi connectivity index (χ2n) is 7.43. The van der Waals surface area contributed by atoms with Crippen LogP contribution in [0.5, 0.6) is 0 Å². The third-order valence-electron chi connectivity index (χ3n) is 5.39. The third-order valence-corrected chi connectivity index (χ3v) is 5.39. The number of hydrogen-bond acceptors (Lipinski definition) is 4. The van der Waals surface area contributed by atoms with E-state index in [1.54, 1.807) is 0 Å². The van der Waals surface area contributed by atoms with Gasteiger partial charge in [0.15, 0.2) is 0 Å². The molecule has 0 unspecified atom stereocenters. The minimum atomic E-state index is -0.0816. The molecule has 6 nitrogen and oxygen atoms in total. The van der Waals surface area contributed by atoms with Crippen molar-refractivity contribution in [3.63, 3.8) is 0 Å². The molecular weight excluding hydrogens is 352 g/mol. The smallest absolute Gasteiger partial charge is 0.241 e. The van der Waals surface area contributed by atoms with Crippen molar-refractivity contribution in [2.24, 2.45) is 0 Å². The molecule has 0 spiro atoms. The van der Waals surface area contributed by atoms with Crippen molar-refractivity contribution in [1.82, 2.24) is 10.6 Å². The Balaban J connectivity index is 1.36. The highest BCUT2D eigenvalue weighted by atomic mass is 16.2. The normalized spacial score (nSPS) is 21.4. The number of anilines is 2. The van der Waals surface area contributed by atoms with Crippen molar-refractivity contribution in [2.75, 3.05) is 23.7 Å².